The fourth-order valence-corrected chi connectivity index (χ4v) is 4.24. The first-order valence-electron chi connectivity index (χ1n) is 6.65. The van der Waals surface area contributed by atoms with Crippen LogP contribution >= 0.6 is 11.6 Å². The van der Waals surface area contributed by atoms with Crippen LogP contribution in [0.5, 0.6) is 0 Å². The Balaban J connectivity index is 2.39. The van der Waals surface area contributed by atoms with Gasteiger partial charge in [0.15, 0.2) is 9.84 Å². The average Bonchev–Trinajstić information content (AvgIpc) is 2.61. The van der Waals surface area contributed by atoms with Crippen LogP contribution in [0.25, 0.3) is 0 Å². The zero-order valence-corrected chi connectivity index (χ0v) is 13.2. The first-order chi connectivity index (χ1) is 9.84. The second kappa shape index (κ2) is 6.15. The van der Waals surface area contributed by atoms with Gasteiger partial charge in [0.05, 0.1) is 4.90 Å². The first-order valence-corrected chi connectivity index (χ1v) is 8.58. The van der Waals surface area contributed by atoms with E-state index in [1.54, 1.807) is 0 Å². The smallest absolute Gasteiger partial charge is 0.247 e. The van der Waals surface area contributed by atoms with Crippen molar-refractivity contribution in [2.45, 2.75) is 36.3 Å². The summed E-state index contributed by atoms with van der Waals surface area (Å²) >= 11 is 5.75. The predicted octanol–water partition coefficient (Wildman–Crippen LogP) is 2.04. The molecule has 1 unspecified atom stereocenters. The van der Waals surface area contributed by atoms with Crippen LogP contribution in [0.4, 0.5) is 0 Å². The molecule has 114 valence electrons. The summed E-state index contributed by atoms with van der Waals surface area (Å²) in [5, 5.41) is -0.781. The number of carbonyl (C=O) groups excluding carboxylic acids is 2. The number of hydrogen-bond acceptors (Lipinski definition) is 4. The van der Waals surface area contributed by atoms with E-state index < -0.39 is 26.9 Å². The van der Waals surface area contributed by atoms with Crippen molar-refractivity contribution in [3.05, 3.63) is 29.3 Å². The molecule has 5 nitrogen and oxygen atoms in total. The van der Waals surface area contributed by atoms with E-state index in [4.69, 9.17) is 11.6 Å². The van der Waals surface area contributed by atoms with Crippen molar-refractivity contribution in [2.24, 2.45) is 0 Å². The number of halogens is 1. The summed E-state index contributed by atoms with van der Waals surface area (Å²) in [5.41, 5.74) is 0. The summed E-state index contributed by atoms with van der Waals surface area (Å²) in [6.07, 6.45) is 1.44. The molecule has 2 rings (SSSR count). The molecule has 1 aromatic carbocycles. The second-order valence-electron chi connectivity index (χ2n) is 4.99. The third-order valence-corrected chi connectivity index (χ3v) is 5.90. The number of carbonyl (C=O) groups is 2. The van der Waals surface area contributed by atoms with Gasteiger partial charge in [-0.05, 0) is 43.5 Å². The number of hydrogen-bond donors (Lipinski definition) is 0. The van der Waals surface area contributed by atoms with Gasteiger partial charge in [-0.3, -0.25) is 14.5 Å². The molecule has 2 amide bonds. The van der Waals surface area contributed by atoms with Crippen LogP contribution in [0, 0.1) is 0 Å². The maximum atomic E-state index is 12.6. The van der Waals surface area contributed by atoms with Crippen LogP contribution in [0.2, 0.25) is 5.02 Å². The molecule has 0 aliphatic carbocycles. The highest BCUT2D eigenvalue weighted by Crippen LogP contribution is 2.25. The maximum Gasteiger partial charge on any atom is 0.247 e. The van der Waals surface area contributed by atoms with Gasteiger partial charge in [-0.2, -0.15) is 0 Å². The van der Waals surface area contributed by atoms with E-state index in [0.717, 1.165) is 4.90 Å². The highest BCUT2D eigenvalue weighted by atomic mass is 35.5. The molecule has 0 spiro atoms. The Morgan fingerprint density at radius 2 is 1.86 bits per heavy atom. The Kier molecular flexibility index (Phi) is 4.68. The van der Waals surface area contributed by atoms with Crippen LogP contribution in [-0.2, 0) is 19.4 Å². The third-order valence-electron chi connectivity index (χ3n) is 3.54. The molecule has 21 heavy (non-hydrogen) atoms. The summed E-state index contributed by atoms with van der Waals surface area (Å²) in [5.74, 6) is -1.05. The molecule has 0 bridgehead atoms. The molecule has 1 saturated heterocycles. The van der Waals surface area contributed by atoms with Gasteiger partial charge >= 0.3 is 0 Å². The van der Waals surface area contributed by atoms with E-state index in [1.807, 2.05) is 0 Å². The van der Waals surface area contributed by atoms with E-state index in [1.165, 1.54) is 31.2 Å². The van der Waals surface area contributed by atoms with Crippen molar-refractivity contribution < 1.29 is 18.0 Å². The minimum atomic E-state index is -3.82. The quantitative estimate of drug-likeness (QED) is 0.832. The SMILES string of the molecule is CC(=O)N1CCCCC(S(=O)(=O)c2ccc(Cl)cc2)C1=O. The number of benzene rings is 1. The molecule has 1 atom stereocenters. The summed E-state index contributed by atoms with van der Waals surface area (Å²) in [6, 6.07) is 5.71. The van der Waals surface area contributed by atoms with Gasteiger partial charge < -0.3 is 0 Å². The number of rotatable bonds is 2. The van der Waals surface area contributed by atoms with Crippen LogP contribution in [-0.4, -0.2) is 36.9 Å². The zero-order chi connectivity index (χ0) is 15.6. The van der Waals surface area contributed by atoms with Crippen molar-refractivity contribution in [3.63, 3.8) is 0 Å². The Morgan fingerprint density at radius 1 is 1.24 bits per heavy atom. The topological polar surface area (TPSA) is 71.5 Å². The Hall–Kier alpha value is -1.40. The maximum absolute atomic E-state index is 12.6. The van der Waals surface area contributed by atoms with Crippen molar-refractivity contribution in [1.29, 1.82) is 0 Å². The van der Waals surface area contributed by atoms with Crippen LogP contribution in [0.3, 0.4) is 0 Å². The van der Waals surface area contributed by atoms with Crippen LogP contribution < -0.4 is 0 Å². The van der Waals surface area contributed by atoms with Gasteiger partial charge in [0.25, 0.3) is 0 Å². The van der Waals surface area contributed by atoms with Crippen molar-refractivity contribution in [3.8, 4) is 0 Å². The largest absolute Gasteiger partial charge is 0.282 e. The lowest BCUT2D eigenvalue weighted by Gasteiger charge is -2.21. The van der Waals surface area contributed by atoms with Gasteiger partial charge in [0.1, 0.15) is 5.25 Å². The van der Waals surface area contributed by atoms with Gasteiger partial charge in [-0.25, -0.2) is 8.42 Å². The first kappa shape index (κ1) is 16.0. The molecule has 0 saturated carbocycles. The summed E-state index contributed by atoms with van der Waals surface area (Å²) in [4.78, 5) is 25.0. The van der Waals surface area contributed by atoms with E-state index in [9.17, 15) is 18.0 Å². The van der Waals surface area contributed by atoms with Crippen LogP contribution in [0.15, 0.2) is 29.2 Å². The number of nitrogens with zero attached hydrogens (tertiary/aromatic N) is 1. The Labute approximate surface area is 128 Å². The molecule has 0 N–H and O–H groups in total. The average molecular weight is 330 g/mol. The third kappa shape index (κ3) is 3.27. The van der Waals surface area contributed by atoms with E-state index in [-0.39, 0.29) is 17.9 Å². The molecule has 1 aromatic rings. The standard InChI is InChI=1S/C14H16ClNO4S/c1-10(17)16-9-3-2-4-13(14(16)18)21(19,20)12-7-5-11(15)6-8-12/h5-8,13H,2-4,9H2,1H3. The number of amides is 2. The van der Waals surface area contributed by atoms with Crippen molar-refractivity contribution >= 4 is 33.3 Å². The number of imide groups is 1. The highest BCUT2D eigenvalue weighted by molar-refractivity contribution is 7.92. The Bertz CT molecular complexity index is 654. The lowest BCUT2D eigenvalue weighted by molar-refractivity contribution is -0.142. The lowest BCUT2D eigenvalue weighted by Crippen LogP contribution is -2.44. The van der Waals surface area contributed by atoms with Gasteiger partial charge in [0, 0.05) is 18.5 Å². The summed E-state index contributed by atoms with van der Waals surface area (Å²) in [7, 11) is -3.82. The van der Waals surface area contributed by atoms with E-state index >= 15 is 0 Å². The fourth-order valence-electron chi connectivity index (χ4n) is 2.40. The number of sulfone groups is 1. The lowest BCUT2D eigenvalue weighted by atomic mass is 10.2. The molecule has 1 heterocycles. The second-order valence-corrected chi connectivity index (χ2v) is 7.56. The fraction of sp³-hybridized carbons (Fsp3) is 0.429. The zero-order valence-electron chi connectivity index (χ0n) is 11.6. The predicted molar refractivity (Wildman–Crippen MR) is 78.7 cm³/mol. The normalized spacial score (nSPS) is 20.2. The highest BCUT2D eigenvalue weighted by Gasteiger charge is 2.39. The summed E-state index contributed by atoms with van der Waals surface area (Å²) in [6.45, 7) is 1.55. The molecule has 0 radical (unpaired) electrons. The Morgan fingerprint density at radius 3 is 2.43 bits per heavy atom. The monoisotopic (exact) mass is 329 g/mol. The minimum Gasteiger partial charge on any atom is -0.282 e. The molecular weight excluding hydrogens is 314 g/mol. The molecular formula is C14H16ClNO4S. The molecule has 1 aliphatic rings. The molecule has 1 aliphatic heterocycles. The molecule has 7 heteroatoms. The van der Waals surface area contributed by atoms with E-state index in [2.05, 4.69) is 0 Å². The van der Waals surface area contributed by atoms with Gasteiger partial charge in [-0.15, -0.1) is 0 Å². The summed E-state index contributed by atoms with van der Waals surface area (Å²) < 4.78 is 25.3. The van der Waals surface area contributed by atoms with Crippen LogP contribution in [0.1, 0.15) is 26.2 Å². The van der Waals surface area contributed by atoms with E-state index in [0.29, 0.717) is 17.9 Å². The van der Waals surface area contributed by atoms with Gasteiger partial charge in [0.2, 0.25) is 11.8 Å². The molecule has 1 fully saturated rings. The number of likely N-dealkylation sites (tertiary alicyclic amines) is 1. The minimum absolute atomic E-state index is 0.0515. The van der Waals surface area contributed by atoms with Crippen molar-refractivity contribution in [1.82, 2.24) is 4.90 Å². The van der Waals surface area contributed by atoms with Gasteiger partial charge in [-0.1, -0.05) is 11.6 Å². The van der Waals surface area contributed by atoms with Crippen molar-refractivity contribution in [2.75, 3.05) is 6.54 Å². The molecule has 0 aromatic heterocycles.